The van der Waals surface area contributed by atoms with Crippen molar-refractivity contribution in [1.29, 1.82) is 0 Å². The summed E-state index contributed by atoms with van der Waals surface area (Å²) in [7, 11) is 0. The van der Waals surface area contributed by atoms with Crippen molar-refractivity contribution in [3.8, 4) is 0 Å². The Bertz CT molecular complexity index is 664. The average molecular weight is 316 g/mol. The van der Waals surface area contributed by atoms with Gasteiger partial charge in [-0.15, -0.1) is 0 Å². The molecule has 2 nitrogen and oxygen atoms in total. The molecule has 0 aliphatic heterocycles. The smallest absolute Gasteiger partial charge is 0.224 e. The quantitative estimate of drug-likeness (QED) is 0.792. The first-order valence-electron chi connectivity index (χ1n) is 7.60. The average Bonchev–Trinajstić information content (AvgIpc) is 2.49. The summed E-state index contributed by atoms with van der Waals surface area (Å²) in [6.07, 6.45) is 1.14. The van der Waals surface area contributed by atoms with Crippen molar-refractivity contribution in [3.05, 3.63) is 64.2 Å². The van der Waals surface area contributed by atoms with Gasteiger partial charge in [0.2, 0.25) is 5.91 Å². The molecule has 2 aromatic rings. The molecule has 0 saturated heterocycles. The number of aryl methyl sites for hydroxylation is 2. The predicted octanol–water partition coefficient (Wildman–Crippen LogP) is 5.34. The maximum Gasteiger partial charge on any atom is 0.224 e. The molecule has 2 aromatic carbocycles. The number of rotatable bonds is 5. The van der Waals surface area contributed by atoms with E-state index in [1.165, 1.54) is 5.56 Å². The highest BCUT2D eigenvalue weighted by Crippen LogP contribution is 2.20. The van der Waals surface area contributed by atoms with Crippen molar-refractivity contribution in [2.75, 3.05) is 5.32 Å². The summed E-state index contributed by atoms with van der Waals surface area (Å²) in [5.74, 6) is 0.476. The Morgan fingerprint density at radius 1 is 1.18 bits per heavy atom. The number of hydrogen-bond acceptors (Lipinski definition) is 1. The van der Waals surface area contributed by atoms with Gasteiger partial charge in [-0.25, -0.2) is 0 Å². The number of carbonyl (C=O) groups excluding carboxylic acids is 1. The Morgan fingerprint density at radius 2 is 1.95 bits per heavy atom. The first kappa shape index (κ1) is 16.6. The summed E-state index contributed by atoms with van der Waals surface area (Å²) in [5, 5.41) is 3.71. The molecule has 0 atom stereocenters. The first-order valence-corrected chi connectivity index (χ1v) is 7.98. The lowest BCUT2D eigenvalue weighted by molar-refractivity contribution is -0.116. The second-order valence-corrected chi connectivity index (χ2v) is 6.32. The van der Waals surface area contributed by atoms with Gasteiger partial charge in [0.1, 0.15) is 0 Å². The number of anilines is 1. The lowest BCUT2D eigenvalue weighted by Crippen LogP contribution is -2.12. The molecular formula is C19H22ClNO. The van der Waals surface area contributed by atoms with Crippen molar-refractivity contribution in [1.82, 2.24) is 0 Å². The summed E-state index contributed by atoms with van der Waals surface area (Å²) in [4.78, 5) is 12.1. The van der Waals surface area contributed by atoms with E-state index in [9.17, 15) is 4.79 Å². The van der Waals surface area contributed by atoms with Gasteiger partial charge in [-0.2, -0.15) is 0 Å². The lowest BCUT2D eigenvalue weighted by atomic mass is 10.0. The Morgan fingerprint density at radius 3 is 2.64 bits per heavy atom. The van der Waals surface area contributed by atoms with E-state index in [0.717, 1.165) is 21.8 Å². The number of halogens is 1. The van der Waals surface area contributed by atoms with Crippen molar-refractivity contribution >= 4 is 23.2 Å². The zero-order valence-corrected chi connectivity index (χ0v) is 14.1. The third kappa shape index (κ3) is 4.60. The fraction of sp³-hybridized carbons (Fsp3) is 0.316. The van der Waals surface area contributed by atoms with E-state index in [2.05, 4.69) is 25.2 Å². The summed E-state index contributed by atoms with van der Waals surface area (Å²) in [6, 6.07) is 14.0. The van der Waals surface area contributed by atoms with Crippen molar-refractivity contribution < 1.29 is 4.79 Å². The minimum atomic E-state index is 0.0256. The van der Waals surface area contributed by atoms with Gasteiger partial charge in [0, 0.05) is 17.1 Å². The maximum atomic E-state index is 12.1. The molecule has 0 heterocycles. The molecule has 116 valence electrons. The predicted molar refractivity (Wildman–Crippen MR) is 93.7 cm³/mol. The number of hydrogen-bond donors (Lipinski definition) is 1. The number of benzene rings is 2. The van der Waals surface area contributed by atoms with Gasteiger partial charge >= 0.3 is 0 Å². The van der Waals surface area contributed by atoms with Gasteiger partial charge in [0.25, 0.3) is 0 Å². The van der Waals surface area contributed by atoms with Crippen molar-refractivity contribution in [2.45, 2.75) is 39.5 Å². The van der Waals surface area contributed by atoms with Crippen molar-refractivity contribution in [2.24, 2.45) is 0 Å². The van der Waals surface area contributed by atoms with E-state index in [1.807, 2.05) is 43.3 Å². The van der Waals surface area contributed by atoms with Crippen LogP contribution in [-0.4, -0.2) is 5.91 Å². The number of carbonyl (C=O) groups is 1. The van der Waals surface area contributed by atoms with Crippen LogP contribution in [0.25, 0.3) is 0 Å². The van der Waals surface area contributed by atoms with Crippen LogP contribution >= 0.6 is 11.6 Å². The monoisotopic (exact) mass is 315 g/mol. The lowest BCUT2D eigenvalue weighted by Gasteiger charge is -2.10. The van der Waals surface area contributed by atoms with Gasteiger partial charge in [-0.05, 0) is 54.2 Å². The van der Waals surface area contributed by atoms with Gasteiger partial charge in [-0.3, -0.25) is 4.79 Å². The maximum absolute atomic E-state index is 12.1. The van der Waals surface area contributed by atoms with E-state index in [4.69, 9.17) is 11.6 Å². The van der Waals surface area contributed by atoms with E-state index < -0.39 is 0 Å². The largest absolute Gasteiger partial charge is 0.326 e. The molecule has 0 aromatic heterocycles. The molecule has 1 N–H and O–H groups in total. The molecule has 3 heteroatoms. The van der Waals surface area contributed by atoms with Crippen LogP contribution in [0.4, 0.5) is 5.69 Å². The van der Waals surface area contributed by atoms with E-state index in [-0.39, 0.29) is 5.91 Å². The third-order valence-electron chi connectivity index (χ3n) is 3.71. The highest BCUT2D eigenvalue weighted by atomic mass is 35.5. The Labute approximate surface area is 137 Å². The molecule has 0 aliphatic carbocycles. The Hall–Kier alpha value is -1.80. The van der Waals surface area contributed by atoms with Crippen LogP contribution in [0.1, 0.15) is 42.9 Å². The summed E-state index contributed by atoms with van der Waals surface area (Å²) < 4.78 is 0. The zero-order valence-electron chi connectivity index (χ0n) is 13.3. The standard InChI is InChI=1S/C19H22ClNO/c1-13(2)16-5-4-6-17(12-16)21-19(22)10-9-15-8-7-14(3)18(20)11-15/h4-8,11-13H,9-10H2,1-3H3,(H,21,22). The molecule has 0 unspecified atom stereocenters. The topological polar surface area (TPSA) is 29.1 Å². The third-order valence-corrected chi connectivity index (χ3v) is 4.12. The highest BCUT2D eigenvalue weighted by molar-refractivity contribution is 6.31. The van der Waals surface area contributed by atoms with E-state index in [0.29, 0.717) is 18.8 Å². The molecular weight excluding hydrogens is 294 g/mol. The van der Waals surface area contributed by atoms with Crippen molar-refractivity contribution in [3.63, 3.8) is 0 Å². The molecule has 1 amide bonds. The van der Waals surface area contributed by atoms with Crippen LogP contribution in [0.15, 0.2) is 42.5 Å². The van der Waals surface area contributed by atoms with E-state index in [1.54, 1.807) is 0 Å². The zero-order chi connectivity index (χ0) is 16.1. The molecule has 0 saturated carbocycles. The van der Waals surface area contributed by atoms with Crippen LogP contribution in [0, 0.1) is 6.92 Å². The van der Waals surface area contributed by atoms with Crippen LogP contribution in [0.5, 0.6) is 0 Å². The highest BCUT2D eigenvalue weighted by Gasteiger charge is 2.06. The van der Waals surface area contributed by atoms with Crippen LogP contribution < -0.4 is 5.32 Å². The minimum absolute atomic E-state index is 0.0256. The summed E-state index contributed by atoms with van der Waals surface area (Å²) in [6.45, 7) is 6.25. The normalized spacial score (nSPS) is 10.8. The fourth-order valence-corrected chi connectivity index (χ4v) is 2.45. The van der Waals surface area contributed by atoms with Crippen LogP contribution in [-0.2, 0) is 11.2 Å². The van der Waals surface area contributed by atoms with E-state index >= 15 is 0 Å². The SMILES string of the molecule is Cc1ccc(CCC(=O)Nc2cccc(C(C)C)c2)cc1Cl. The molecule has 0 aliphatic rings. The van der Waals surface area contributed by atoms with Gasteiger partial charge in [-0.1, -0.05) is 49.7 Å². The Kier molecular flexibility index (Phi) is 5.62. The second-order valence-electron chi connectivity index (χ2n) is 5.91. The molecule has 0 radical (unpaired) electrons. The van der Waals surface area contributed by atoms with Gasteiger partial charge in [0.15, 0.2) is 0 Å². The second kappa shape index (κ2) is 7.46. The molecule has 22 heavy (non-hydrogen) atoms. The Balaban J connectivity index is 1.92. The first-order chi connectivity index (χ1) is 10.5. The van der Waals surface area contributed by atoms with Crippen LogP contribution in [0.2, 0.25) is 5.02 Å². The fourth-order valence-electron chi connectivity index (χ4n) is 2.25. The number of amides is 1. The van der Waals surface area contributed by atoms with Gasteiger partial charge < -0.3 is 5.32 Å². The molecule has 2 rings (SSSR count). The number of nitrogens with one attached hydrogen (secondary N) is 1. The molecule has 0 spiro atoms. The summed E-state index contributed by atoms with van der Waals surface area (Å²) in [5.41, 5.74) is 4.23. The molecule has 0 fully saturated rings. The van der Waals surface area contributed by atoms with Crippen LogP contribution in [0.3, 0.4) is 0 Å². The molecule has 0 bridgehead atoms. The summed E-state index contributed by atoms with van der Waals surface area (Å²) >= 11 is 6.11. The van der Waals surface area contributed by atoms with Gasteiger partial charge in [0.05, 0.1) is 0 Å². The minimum Gasteiger partial charge on any atom is -0.326 e.